The zero-order valence-electron chi connectivity index (χ0n) is 10.4. The highest BCUT2D eigenvalue weighted by Gasteiger charge is 2.17. The van der Waals surface area contributed by atoms with E-state index in [1.54, 1.807) is 6.20 Å². The molecule has 0 radical (unpaired) electrons. The Bertz CT molecular complexity index is 516. The molecule has 0 amide bonds. The Hall–Kier alpha value is -1.65. The normalized spacial score (nSPS) is 14.4. The largest absolute Gasteiger partial charge is 0.486 e. The number of nitrogens with zero attached hydrogens (tertiary/aromatic N) is 1. The van der Waals surface area contributed by atoms with Crippen LogP contribution in [-0.2, 0) is 0 Å². The van der Waals surface area contributed by atoms with Gasteiger partial charge in [0.05, 0.1) is 12.1 Å². The number of hydrogen-bond acceptors (Lipinski definition) is 4. The van der Waals surface area contributed by atoms with E-state index < -0.39 is 0 Å². The van der Waals surface area contributed by atoms with E-state index in [0.29, 0.717) is 5.75 Å². The average molecular weight is 246 g/mol. The van der Waals surface area contributed by atoms with Gasteiger partial charge in [0.25, 0.3) is 0 Å². The molecule has 1 heterocycles. The molecule has 3 N–H and O–H groups in total. The van der Waals surface area contributed by atoms with Crippen LogP contribution < -0.4 is 10.5 Å². The van der Waals surface area contributed by atoms with E-state index in [1.165, 1.54) is 0 Å². The van der Waals surface area contributed by atoms with Crippen molar-refractivity contribution in [2.75, 3.05) is 6.61 Å². The van der Waals surface area contributed by atoms with Gasteiger partial charge < -0.3 is 15.6 Å². The Kier molecular flexibility index (Phi) is 4.12. The van der Waals surface area contributed by atoms with Crippen molar-refractivity contribution in [3.05, 3.63) is 36.5 Å². The van der Waals surface area contributed by atoms with Crippen molar-refractivity contribution in [2.45, 2.75) is 25.5 Å². The molecule has 0 aliphatic rings. The molecule has 96 valence electrons. The lowest BCUT2D eigenvalue weighted by Gasteiger charge is -2.22. The van der Waals surface area contributed by atoms with E-state index in [-0.39, 0.29) is 18.8 Å². The molecule has 4 heteroatoms. The van der Waals surface area contributed by atoms with Gasteiger partial charge in [-0.15, -0.1) is 0 Å². The van der Waals surface area contributed by atoms with Gasteiger partial charge in [-0.3, -0.25) is 4.98 Å². The third-order valence-electron chi connectivity index (χ3n) is 2.99. The second-order valence-corrected chi connectivity index (χ2v) is 4.27. The van der Waals surface area contributed by atoms with Gasteiger partial charge in [0.2, 0.25) is 0 Å². The molecular formula is C14H18N2O2. The van der Waals surface area contributed by atoms with E-state index >= 15 is 0 Å². The van der Waals surface area contributed by atoms with E-state index in [1.807, 2.05) is 37.3 Å². The number of ether oxygens (including phenoxy) is 1. The maximum Gasteiger partial charge on any atom is 0.137 e. The summed E-state index contributed by atoms with van der Waals surface area (Å²) in [5.74, 6) is 0.684. The smallest absolute Gasteiger partial charge is 0.137 e. The van der Waals surface area contributed by atoms with Gasteiger partial charge in [-0.05, 0) is 24.6 Å². The first-order chi connectivity index (χ1) is 8.74. The summed E-state index contributed by atoms with van der Waals surface area (Å²) in [6.45, 7) is 1.88. The number of aliphatic hydroxyl groups is 1. The predicted octanol–water partition coefficient (Wildman–Crippen LogP) is 1.71. The summed E-state index contributed by atoms with van der Waals surface area (Å²) >= 11 is 0. The third kappa shape index (κ3) is 2.78. The standard InChI is InChI=1S/C14H18N2O2/c1-2-12(15)14(9-17)18-11-6-5-10-4-3-7-16-13(10)8-11/h3-8,12,14,17H,2,9,15H2,1H3. The zero-order valence-corrected chi connectivity index (χ0v) is 10.4. The van der Waals surface area contributed by atoms with Crippen LogP contribution in [0, 0.1) is 0 Å². The highest BCUT2D eigenvalue weighted by molar-refractivity contribution is 5.79. The number of fused-ring (bicyclic) bond motifs is 1. The predicted molar refractivity (Wildman–Crippen MR) is 71.5 cm³/mol. The number of pyridine rings is 1. The van der Waals surface area contributed by atoms with Gasteiger partial charge >= 0.3 is 0 Å². The molecule has 0 fully saturated rings. The zero-order chi connectivity index (χ0) is 13.0. The number of nitrogens with two attached hydrogens (primary N) is 1. The molecule has 0 aliphatic heterocycles. The van der Waals surface area contributed by atoms with E-state index in [9.17, 15) is 5.11 Å². The fraction of sp³-hybridized carbons (Fsp3) is 0.357. The van der Waals surface area contributed by atoms with E-state index in [4.69, 9.17) is 10.5 Å². The summed E-state index contributed by atoms with van der Waals surface area (Å²) in [4.78, 5) is 4.27. The van der Waals surface area contributed by atoms with E-state index in [2.05, 4.69) is 4.98 Å². The summed E-state index contributed by atoms with van der Waals surface area (Å²) in [6, 6.07) is 9.40. The summed E-state index contributed by atoms with van der Waals surface area (Å²) in [5.41, 5.74) is 6.76. The van der Waals surface area contributed by atoms with Gasteiger partial charge in [0.1, 0.15) is 11.9 Å². The number of aliphatic hydroxyl groups excluding tert-OH is 1. The van der Waals surface area contributed by atoms with Crippen LogP contribution >= 0.6 is 0 Å². The van der Waals surface area contributed by atoms with Crippen molar-refractivity contribution < 1.29 is 9.84 Å². The molecule has 0 spiro atoms. The number of hydrogen-bond donors (Lipinski definition) is 2. The molecule has 2 unspecified atom stereocenters. The highest BCUT2D eigenvalue weighted by Crippen LogP contribution is 2.20. The third-order valence-corrected chi connectivity index (χ3v) is 2.99. The quantitative estimate of drug-likeness (QED) is 0.842. The van der Waals surface area contributed by atoms with Crippen LogP contribution in [0.2, 0.25) is 0 Å². The minimum atomic E-state index is -0.379. The summed E-state index contributed by atoms with van der Waals surface area (Å²) in [7, 11) is 0. The minimum Gasteiger partial charge on any atom is -0.486 e. The Morgan fingerprint density at radius 1 is 1.39 bits per heavy atom. The second-order valence-electron chi connectivity index (χ2n) is 4.27. The van der Waals surface area contributed by atoms with Crippen molar-refractivity contribution in [1.82, 2.24) is 4.98 Å². The Labute approximate surface area is 106 Å². The van der Waals surface area contributed by atoms with Crippen LogP contribution in [0.15, 0.2) is 36.5 Å². The maximum atomic E-state index is 9.28. The van der Waals surface area contributed by atoms with Crippen LogP contribution in [0.4, 0.5) is 0 Å². The minimum absolute atomic E-state index is 0.0880. The van der Waals surface area contributed by atoms with Crippen molar-refractivity contribution in [1.29, 1.82) is 0 Å². The lowest BCUT2D eigenvalue weighted by Crippen LogP contribution is -2.41. The Morgan fingerprint density at radius 3 is 2.94 bits per heavy atom. The fourth-order valence-electron chi connectivity index (χ4n) is 1.82. The molecule has 1 aromatic carbocycles. The van der Waals surface area contributed by atoms with Crippen molar-refractivity contribution in [3.8, 4) is 5.75 Å². The first-order valence-electron chi connectivity index (χ1n) is 6.12. The van der Waals surface area contributed by atoms with Gasteiger partial charge in [-0.2, -0.15) is 0 Å². The van der Waals surface area contributed by atoms with Crippen molar-refractivity contribution in [3.63, 3.8) is 0 Å². The van der Waals surface area contributed by atoms with Crippen LogP contribution in [-0.4, -0.2) is 28.8 Å². The lowest BCUT2D eigenvalue weighted by atomic mass is 10.1. The summed E-state index contributed by atoms with van der Waals surface area (Å²) < 4.78 is 5.71. The van der Waals surface area contributed by atoms with Gasteiger partial charge in [-0.25, -0.2) is 0 Å². The molecule has 0 bridgehead atoms. The van der Waals surface area contributed by atoms with Crippen LogP contribution in [0.5, 0.6) is 5.75 Å². The lowest BCUT2D eigenvalue weighted by molar-refractivity contribution is 0.0934. The molecular weight excluding hydrogens is 228 g/mol. The molecule has 4 nitrogen and oxygen atoms in total. The Balaban J connectivity index is 2.20. The van der Waals surface area contributed by atoms with E-state index in [0.717, 1.165) is 17.3 Å². The molecule has 0 saturated heterocycles. The number of aromatic nitrogens is 1. The Morgan fingerprint density at radius 2 is 2.22 bits per heavy atom. The van der Waals surface area contributed by atoms with Crippen molar-refractivity contribution in [2.24, 2.45) is 5.73 Å². The molecule has 18 heavy (non-hydrogen) atoms. The molecule has 0 saturated carbocycles. The summed E-state index contributed by atoms with van der Waals surface area (Å²) in [6.07, 6.45) is 2.13. The van der Waals surface area contributed by atoms with Crippen molar-refractivity contribution >= 4 is 10.9 Å². The van der Waals surface area contributed by atoms with Gasteiger partial charge in [-0.1, -0.05) is 13.0 Å². The topological polar surface area (TPSA) is 68.4 Å². The first kappa shape index (κ1) is 12.8. The molecule has 2 aromatic rings. The SMILES string of the molecule is CCC(N)C(CO)Oc1ccc2cccnc2c1. The van der Waals surface area contributed by atoms with Crippen LogP contribution in [0.25, 0.3) is 10.9 Å². The maximum absolute atomic E-state index is 9.28. The second kappa shape index (κ2) is 5.80. The fourth-order valence-corrected chi connectivity index (χ4v) is 1.82. The van der Waals surface area contributed by atoms with Crippen LogP contribution in [0.3, 0.4) is 0 Å². The summed E-state index contributed by atoms with van der Waals surface area (Å²) in [5, 5.41) is 10.3. The van der Waals surface area contributed by atoms with Gasteiger partial charge in [0.15, 0.2) is 0 Å². The molecule has 1 aromatic heterocycles. The number of rotatable bonds is 5. The molecule has 0 aliphatic carbocycles. The number of benzene rings is 1. The molecule has 2 atom stereocenters. The molecule has 2 rings (SSSR count). The van der Waals surface area contributed by atoms with Gasteiger partial charge in [0, 0.05) is 23.7 Å². The highest BCUT2D eigenvalue weighted by atomic mass is 16.5. The first-order valence-corrected chi connectivity index (χ1v) is 6.12. The monoisotopic (exact) mass is 246 g/mol. The average Bonchev–Trinajstić information content (AvgIpc) is 2.43. The van der Waals surface area contributed by atoms with Crippen LogP contribution in [0.1, 0.15) is 13.3 Å².